The van der Waals surface area contributed by atoms with Gasteiger partial charge >= 0.3 is 0 Å². The van der Waals surface area contributed by atoms with Crippen LogP contribution in [0, 0.1) is 0 Å². The Labute approximate surface area is 144 Å². The number of alkyl halides is 1. The topological polar surface area (TPSA) is 31.2 Å². The molecular formula is C18H15Cl2NO2. The molecule has 0 aliphatic heterocycles. The monoisotopic (exact) mass is 347 g/mol. The second-order valence-electron chi connectivity index (χ2n) is 5.24. The average Bonchev–Trinajstić information content (AvgIpc) is 2.57. The maximum atomic E-state index is 12.5. The van der Waals surface area contributed by atoms with Crippen LogP contribution in [0.4, 0.5) is 0 Å². The number of halogens is 2. The first-order chi connectivity index (χ1) is 11.1. The largest absolute Gasteiger partial charge is 0.486 e. The Hall–Kier alpha value is -1.97. The summed E-state index contributed by atoms with van der Waals surface area (Å²) in [4.78, 5) is 12.5. The fourth-order valence-electron chi connectivity index (χ4n) is 2.54. The molecule has 5 heteroatoms. The molecule has 0 saturated carbocycles. The van der Waals surface area contributed by atoms with Gasteiger partial charge < -0.3 is 9.30 Å². The number of fused-ring (bicyclic) bond motifs is 1. The van der Waals surface area contributed by atoms with Gasteiger partial charge in [-0.25, -0.2) is 0 Å². The molecule has 3 aromatic rings. The van der Waals surface area contributed by atoms with Crippen molar-refractivity contribution in [2.45, 2.75) is 12.5 Å². The van der Waals surface area contributed by atoms with Gasteiger partial charge in [0, 0.05) is 17.5 Å². The Morgan fingerprint density at radius 3 is 2.52 bits per heavy atom. The molecule has 0 aliphatic rings. The van der Waals surface area contributed by atoms with E-state index < -0.39 is 0 Å². The minimum Gasteiger partial charge on any atom is -0.486 e. The van der Waals surface area contributed by atoms with Crippen molar-refractivity contribution in [2.24, 2.45) is 7.05 Å². The van der Waals surface area contributed by atoms with Gasteiger partial charge in [0.2, 0.25) is 0 Å². The van der Waals surface area contributed by atoms with Gasteiger partial charge in [0.25, 0.3) is 5.56 Å². The molecule has 1 heterocycles. The Bertz CT molecular complexity index is 904. The first-order valence-electron chi connectivity index (χ1n) is 7.15. The summed E-state index contributed by atoms with van der Waals surface area (Å²) in [6.45, 7) is 0.393. The van der Waals surface area contributed by atoms with E-state index in [1.165, 1.54) is 4.57 Å². The summed E-state index contributed by atoms with van der Waals surface area (Å²) in [5.41, 5.74) is 1.57. The molecule has 0 atom stereocenters. The van der Waals surface area contributed by atoms with E-state index >= 15 is 0 Å². The fourth-order valence-corrected chi connectivity index (χ4v) is 3.02. The van der Waals surface area contributed by atoms with Crippen LogP contribution in [-0.4, -0.2) is 4.57 Å². The molecule has 0 unspecified atom stereocenters. The van der Waals surface area contributed by atoms with E-state index in [1.807, 2.05) is 30.3 Å². The van der Waals surface area contributed by atoms with Crippen molar-refractivity contribution in [2.75, 3.05) is 0 Å². The summed E-state index contributed by atoms with van der Waals surface area (Å²) in [5, 5.41) is 1.80. The third-order valence-corrected chi connectivity index (χ3v) is 4.27. The zero-order valence-corrected chi connectivity index (χ0v) is 14.1. The van der Waals surface area contributed by atoms with Crippen molar-refractivity contribution in [1.82, 2.24) is 4.57 Å². The molecule has 0 N–H and O–H groups in total. The summed E-state index contributed by atoms with van der Waals surface area (Å²) >= 11 is 12.2. The normalized spacial score (nSPS) is 10.9. The number of aromatic nitrogens is 1. The number of rotatable bonds is 4. The highest BCUT2D eigenvalue weighted by atomic mass is 35.5. The Balaban J connectivity index is 2.15. The molecule has 23 heavy (non-hydrogen) atoms. The van der Waals surface area contributed by atoms with E-state index in [1.54, 1.807) is 25.2 Å². The van der Waals surface area contributed by atoms with Crippen LogP contribution in [-0.2, 0) is 19.5 Å². The van der Waals surface area contributed by atoms with Crippen molar-refractivity contribution in [1.29, 1.82) is 0 Å². The van der Waals surface area contributed by atoms with Crippen LogP contribution >= 0.6 is 23.2 Å². The minimum absolute atomic E-state index is 0.112. The molecule has 118 valence electrons. The smallest absolute Gasteiger partial charge is 0.258 e. The number of hydrogen-bond acceptors (Lipinski definition) is 2. The molecule has 2 aromatic carbocycles. The number of ether oxygens (including phenoxy) is 1. The van der Waals surface area contributed by atoms with E-state index in [9.17, 15) is 4.79 Å². The van der Waals surface area contributed by atoms with E-state index in [-0.39, 0.29) is 11.4 Å². The molecule has 0 radical (unpaired) electrons. The van der Waals surface area contributed by atoms with Crippen LogP contribution in [0.5, 0.6) is 5.75 Å². The van der Waals surface area contributed by atoms with Crippen LogP contribution in [0.2, 0.25) is 5.02 Å². The van der Waals surface area contributed by atoms with Crippen molar-refractivity contribution in [3.8, 4) is 5.75 Å². The van der Waals surface area contributed by atoms with Crippen molar-refractivity contribution in [3.05, 3.63) is 75.2 Å². The van der Waals surface area contributed by atoms with Crippen LogP contribution in [0.25, 0.3) is 10.8 Å². The van der Waals surface area contributed by atoms with Gasteiger partial charge in [0.05, 0.1) is 17.0 Å². The number of hydrogen-bond donors (Lipinski definition) is 0. The molecule has 0 aliphatic carbocycles. The predicted molar refractivity (Wildman–Crippen MR) is 94.5 cm³/mol. The fraction of sp³-hybridized carbons (Fsp3) is 0.167. The molecule has 3 nitrogen and oxygen atoms in total. The standard InChI is InChI=1S/C18H15Cl2NO2/c1-21-16(10-19)17(23-11-12-5-3-2-4-6-12)15-9-13(20)7-8-14(15)18(21)22/h2-9H,10-11H2,1H3. The second-order valence-corrected chi connectivity index (χ2v) is 5.94. The Morgan fingerprint density at radius 2 is 1.83 bits per heavy atom. The molecule has 0 amide bonds. The Kier molecular flexibility index (Phi) is 4.60. The molecule has 3 rings (SSSR count). The summed E-state index contributed by atoms with van der Waals surface area (Å²) in [7, 11) is 1.70. The number of benzene rings is 2. The lowest BCUT2D eigenvalue weighted by molar-refractivity contribution is 0.304. The van der Waals surface area contributed by atoms with E-state index in [0.717, 1.165) is 5.56 Å². The van der Waals surface area contributed by atoms with Gasteiger partial charge in [-0.05, 0) is 23.8 Å². The lowest BCUT2D eigenvalue weighted by Crippen LogP contribution is -2.21. The van der Waals surface area contributed by atoms with Crippen LogP contribution < -0.4 is 10.3 Å². The van der Waals surface area contributed by atoms with Gasteiger partial charge in [-0.3, -0.25) is 4.79 Å². The Morgan fingerprint density at radius 1 is 1.09 bits per heavy atom. The summed E-state index contributed by atoms with van der Waals surface area (Å²) in [5.74, 6) is 0.779. The first kappa shape index (κ1) is 15.9. The highest BCUT2D eigenvalue weighted by Gasteiger charge is 2.16. The van der Waals surface area contributed by atoms with Crippen LogP contribution in [0.15, 0.2) is 53.3 Å². The zero-order chi connectivity index (χ0) is 16.4. The summed E-state index contributed by atoms with van der Waals surface area (Å²) < 4.78 is 7.55. The molecule has 0 saturated heterocycles. The van der Waals surface area contributed by atoms with E-state index in [2.05, 4.69) is 0 Å². The number of pyridine rings is 1. The predicted octanol–water partition coefficient (Wildman–Crippen LogP) is 4.51. The first-order valence-corrected chi connectivity index (χ1v) is 8.07. The SMILES string of the molecule is Cn1c(CCl)c(OCc2ccccc2)c2cc(Cl)ccc2c1=O. The van der Waals surface area contributed by atoms with Gasteiger partial charge in [0.1, 0.15) is 12.4 Å². The van der Waals surface area contributed by atoms with Gasteiger partial charge in [-0.2, -0.15) is 0 Å². The quantitative estimate of drug-likeness (QED) is 0.650. The van der Waals surface area contributed by atoms with Crippen molar-refractivity contribution in [3.63, 3.8) is 0 Å². The zero-order valence-electron chi connectivity index (χ0n) is 12.6. The third kappa shape index (κ3) is 3.07. The van der Waals surface area contributed by atoms with Gasteiger partial charge in [0.15, 0.2) is 0 Å². The highest BCUT2D eigenvalue weighted by molar-refractivity contribution is 6.31. The van der Waals surface area contributed by atoms with Gasteiger partial charge in [-0.1, -0.05) is 41.9 Å². The second kappa shape index (κ2) is 6.65. The minimum atomic E-state index is -0.112. The van der Waals surface area contributed by atoms with Gasteiger partial charge in [-0.15, -0.1) is 11.6 Å². The molecule has 1 aromatic heterocycles. The maximum Gasteiger partial charge on any atom is 0.258 e. The van der Waals surface area contributed by atoms with Crippen molar-refractivity contribution < 1.29 is 4.74 Å². The molecule has 0 bridgehead atoms. The lowest BCUT2D eigenvalue weighted by Gasteiger charge is -2.16. The highest BCUT2D eigenvalue weighted by Crippen LogP contribution is 2.31. The average molecular weight is 348 g/mol. The number of nitrogens with zero attached hydrogens (tertiary/aromatic N) is 1. The van der Waals surface area contributed by atoms with E-state index in [4.69, 9.17) is 27.9 Å². The maximum absolute atomic E-state index is 12.5. The lowest BCUT2D eigenvalue weighted by atomic mass is 10.1. The molecule has 0 fully saturated rings. The molecule has 0 spiro atoms. The summed E-state index contributed by atoms with van der Waals surface area (Å²) in [6.07, 6.45) is 0. The van der Waals surface area contributed by atoms with E-state index in [0.29, 0.717) is 33.8 Å². The van der Waals surface area contributed by atoms with Crippen LogP contribution in [0.3, 0.4) is 0 Å². The third-order valence-electron chi connectivity index (χ3n) is 3.78. The molecular weight excluding hydrogens is 333 g/mol. The van der Waals surface area contributed by atoms with Crippen LogP contribution in [0.1, 0.15) is 11.3 Å². The van der Waals surface area contributed by atoms with Crippen molar-refractivity contribution >= 4 is 34.0 Å². The summed E-state index contributed by atoms with van der Waals surface area (Å²) in [6, 6.07) is 15.0.